The van der Waals surface area contributed by atoms with E-state index in [0.717, 1.165) is 11.1 Å². The fourth-order valence-electron chi connectivity index (χ4n) is 2.69. The Morgan fingerprint density at radius 1 is 0.862 bits per heavy atom. The van der Waals surface area contributed by atoms with Crippen molar-refractivity contribution >= 4 is 17.9 Å². The van der Waals surface area contributed by atoms with E-state index in [2.05, 4.69) is 4.99 Å². The van der Waals surface area contributed by atoms with Crippen LogP contribution in [-0.4, -0.2) is 11.9 Å². The van der Waals surface area contributed by atoms with Gasteiger partial charge < -0.3 is 9.47 Å². The Morgan fingerprint density at radius 2 is 1.48 bits per heavy atom. The molecular formula is C23H15F2NO3. The third-order valence-electron chi connectivity index (χ3n) is 4.21. The SMILES string of the molecule is O=C1OC(c2ccc(F)cc2)=N/C1=C/c1ccc(OCc2ccc(F)cc2)cc1. The smallest absolute Gasteiger partial charge is 0.363 e. The van der Waals surface area contributed by atoms with Gasteiger partial charge in [-0.05, 0) is 65.7 Å². The van der Waals surface area contributed by atoms with Crippen LogP contribution in [0.2, 0.25) is 0 Å². The molecule has 0 saturated carbocycles. The molecule has 29 heavy (non-hydrogen) atoms. The molecule has 1 aliphatic heterocycles. The monoisotopic (exact) mass is 391 g/mol. The number of halogens is 2. The van der Waals surface area contributed by atoms with Gasteiger partial charge >= 0.3 is 5.97 Å². The van der Waals surface area contributed by atoms with E-state index >= 15 is 0 Å². The molecule has 0 radical (unpaired) electrons. The van der Waals surface area contributed by atoms with Crippen molar-refractivity contribution in [1.82, 2.24) is 0 Å². The van der Waals surface area contributed by atoms with Crippen molar-refractivity contribution < 1.29 is 23.0 Å². The summed E-state index contributed by atoms with van der Waals surface area (Å²) in [5.41, 5.74) is 2.28. The van der Waals surface area contributed by atoms with Crippen LogP contribution in [0.1, 0.15) is 16.7 Å². The second-order valence-electron chi connectivity index (χ2n) is 6.33. The second kappa shape index (κ2) is 8.06. The quantitative estimate of drug-likeness (QED) is 0.460. The van der Waals surface area contributed by atoms with Gasteiger partial charge in [-0.2, -0.15) is 0 Å². The summed E-state index contributed by atoms with van der Waals surface area (Å²) < 4.78 is 36.8. The third kappa shape index (κ3) is 4.55. The van der Waals surface area contributed by atoms with Crippen molar-refractivity contribution in [3.63, 3.8) is 0 Å². The van der Waals surface area contributed by atoms with Crippen LogP contribution in [0.5, 0.6) is 5.75 Å². The summed E-state index contributed by atoms with van der Waals surface area (Å²) in [7, 11) is 0. The maximum Gasteiger partial charge on any atom is 0.363 e. The normalized spacial score (nSPS) is 14.6. The first-order valence-corrected chi connectivity index (χ1v) is 8.83. The fourth-order valence-corrected chi connectivity index (χ4v) is 2.69. The van der Waals surface area contributed by atoms with E-state index in [1.54, 1.807) is 42.5 Å². The van der Waals surface area contributed by atoms with Crippen LogP contribution in [0, 0.1) is 11.6 Å². The predicted octanol–water partition coefficient (Wildman–Crippen LogP) is 4.89. The molecule has 0 N–H and O–H groups in total. The average molecular weight is 391 g/mol. The highest BCUT2D eigenvalue weighted by Crippen LogP contribution is 2.21. The van der Waals surface area contributed by atoms with Gasteiger partial charge in [0, 0.05) is 5.56 Å². The van der Waals surface area contributed by atoms with Crippen LogP contribution in [0.3, 0.4) is 0 Å². The Balaban J connectivity index is 1.44. The molecule has 3 aromatic rings. The van der Waals surface area contributed by atoms with E-state index in [4.69, 9.17) is 9.47 Å². The Kier molecular flexibility index (Phi) is 5.16. The number of hydrogen-bond acceptors (Lipinski definition) is 4. The van der Waals surface area contributed by atoms with Crippen molar-refractivity contribution in [2.75, 3.05) is 0 Å². The van der Waals surface area contributed by atoms with Crippen LogP contribution in [0.15, 0.2) is 83.5 Å². The van der Waals surface area contributed by atoms with Gasteiger partial charge in [0.05, 0.1) is 0 Å². The number of nitrogens with zero attached hydrogens (tertiary/aromatic N) is 1. The van der Waals surface area contributed by atoms with Crippen LogP contribution < -0.4 is 4.74 Å². The summed E-state index contributed by atoms with van der Waals surface area (Å²) in [6.45, 7) is 0.318. The fraction of sp³-hybridized carbons (Fsp3) is 0.0435. The van der Waals surface area contributed by atoms with Crippen molar-refractivity contribution in [3.8, 4) is 5.75 Å². The maximum atomic E-state index is 13.0. The minimum atomic E-state index is -0.569. The van der Waals surface area contributed by atoms with Gasteiger partial charge in [0.15, 0.2) is 5.70 Å². The molecule has 6 heteroatoms. The van der Waals surface area contributed by atoms with E-state index in [1.807, 2.05) is 0 Å². The maximum absolute atomic E-state index is 13.0. The summed E-state index contributed by atoms with van der Waals surface area (Å²) >= 11 is 0. The van der Waals surface area contributed by atoms with Crippen molar-refractivity contribution in [3.05, 3.63) is 107 Å². The summed E-state index contributed by atoms with van der Waals surface area (Å²) in [6, 6.07) is 18.7. The van der Waals surface area contributed by atoms with Gasteiger partial charge in [0.2, 0.25) is 5.90 Å². The Labute approximate surface area is 165 Å². The number of cyclic esters (lactones) is 1. The highest BCUT2D eigenvalue weighted by atomic mass is 19.1. The first-order chi connectivity index (χ1) is 14.1. The zero-order valence-electron chi connectivity index (χ0n) is 15.1. The second-order valence-corrected chi connectivity index (χ2v) is 6.33. The van der Waals surface area contributed by atoms with Crippen LogP contribution in [0.25, 0.3) is 6.08 Å². The van der Waals surface area contributed by atoms with Crippen LogP contribution in [-0.2, 0) is 16.1 Å². The molecule has 0 aliphatic carbocycles. The largest absolute Gasteiger partial charge is 0.489 e. The van der Waals surface area contributed by atoms with E-state index in [9.17, 15) is 13.6 Å². The molecule has 0 unspecified atom stereocenters. The molecule has 0 saturated heterocycles. The molecule has 144 valence electrons. The summed E-state index contributed by atoms with van der Waals surface area (Å²) in [5, 5.41) is 0. The number of ether oxygens (including phenoxy) is 2. The lowest BCUT2D eigenvalue weighted by Gasteiger charge is -2.06. The predicted molar refractivity (Wildman–Crippen MR) is 104 cm³/mol. The Morgan fingerprint density at radius 3 is 2.14 bits per heavy atom. The molecule has 0 amide bonds. The van der Waals surface area contributed by atoms with Crippen molar-refractivity contribution in [2.45, 2.75) is 6.61 Å². The number of rotatable bonds is 5. The van der Waals surface area contributed by atoms with Gasteiger partial charge in [-0.15, -0.1) is 0 Å². The molecule has 1 aliphatic rings. The van der Waals surface area contributed by atoms with E-state index in [1.165, 1.54) is 36.4 Å². The molecule has 4 rings (SSSR count). The number of esters is 1. The van der Waals surface area contributed by atoms with Gasteiger partial charge in [-0.3, -0.25) is 0 Å². The third-order valence-corrected chi connectivity index (χ3v) is 4.21. The Bertz CT molecular complexity index is 1090. The minimum absolute atomic E-state index is 0.139. The summed E-state index contributed by atoms with van der Waals surface area (Å²) in [5.74, 6) is -0.458. The molecule has 0 aromatic heterocycles. The number of aliphatic imine (C=N–C) groups is 1. The van der Waals surface area contributed by atoms with Gasteiger partial charge in [0.25, 0.3) is 0 Å². The minimum Gasteiger partial charge on any atom is -0.489 e. The first-order valence-electron chi connectivity index (χ1n) is 8.83. The number of benzene rings is 3. The topological polar surface area (TPSA) is 47.9 Å². The molecule has 3 aromatic carbocycles. The molecule has 0 spiro atoms. The Hall–Kier alpha value is -3.80. The van der Waals surface area contributed by atoms with E-state index in [0.29, 0.717) is 17.9 Å². The zero-order valence-corrected chi connectivity index (χ0v) is 15.1. The standard InChI is InChI=1S/C23H15F2NO3/c24-18-7-1-16(2-8-18)14-28-20-11-3-15(4-12-20)13-21-23(27)29-22(26-21)17-5-9-19(25)10-6-17/h1-13H,14H2/b21-13+. The summed E-state index contributed by atoms with van der Waals surface area (Å²) in [6.07, 6.45) is 1.60. The molecule has 0 atom stereocenters. The molecule has 0 fully saturated rings. The highest BCUT2D eigenvalue weighted by molar-refractivity contribution is 6.12. The highest BCUT2D eigenvalue weighted by Gasteiger charge is 2.24. The molecular weight excluding hydrogens is 376 g/mol. The molecule has 0 bridgehead atoms. The van der Waals surface area contributed by atoms with E-state index in [-0.39, 0.29) is 23.2 Å². The number of hydrogen-bond donors (Lipinski definition) is 0. The molecule has 1 heterocycles. The lowest BCUT2D eigenvalue weighted by Crippen LogP contribution is -2.05. The summed E-state index contributed by atoms with van der Waals surface area (Å²) in [4.78, 5) is 16.2. The average Bonchev–Trinajstić information content (AvgIpc) is 3.09. The lowest BCUT2D eigenvalue weighted by atomic mass is 10.2. The van der Waals surface area contributed by atoms with Gasteiger partial charge in [-0.25, -0.2) is 18.6 Å². The number of carbonyl (C=O) groups is 1. The first kappa shape index (κ1) is 18.6. The van der Waals surface area contributed by atoms with Crippen LogP contribution >= 0.6 is 0 Å². The number of carbonyl (C=O) groups excluding carboxylic acids is 1. The van der Waals surface area contributed by atoms with Crippen LogP contribution in [0.4, 0.5) is 8.78 Å². The van der Waals surface area contributed by atoms with E-state index < -0.39 is 5.97 Å². The van der Waals surface area contributed by atoms with Crippen molar-refractivity contribution in [2.24, 2.45) is 4.99 Å². The zero-order chi connectivity index (χ0) is 20.2. The lowest BCUT2D eigenvalue weighted by molar-refractivity contribution is -0.129. The van der Waals surface area contributed by atoms with Gasteiger partial charge in [-0.1, -0.05) is 24.3 Å². The van der Waals surface area contributed by atoms with Crippen molar-refractivity contribution in [1.29, 1.82) is 0 Å². The molecule has 4 nitrogen and oxygen atoms in total. The van der Waals surface area contributed by atoms with Gasteiger partial charge in [0.1, 0.15) is 24.0 Å².